The number of hydrogen-bond donors (Lipinski definition) is 3. The summed E-state index contributed by atoms with van der Waals surface area (Å²) in [5, 5.41) is 4.54. The highest BCUT2D eigenvalue weighted by atomic mass is 32.2. The Balaban J connectivity index is 1.56. The Morgan fingerprint density at radius 3 is 2.10 bits per heavy atom. The van der Waals surface area contributed by atoms with Crippen LogP contribution in [0.4, 0.5) is 24.5 Å². The van der Waals surface area contributed by atoms with Gasteiger partial charge in [0.2, 0.25) is 0 Å². The van der Waals surface area contributed by atoms with Gasteiger partial charge in [0.25, 0.3) is 21.5 Å². The molecule has 0 saturated heterocycles. The quantitative estimate of drug-likeness (QED) is 0.264. The Bertz CT molecular complexity index is 1900. The Kier molecular flexibility index (Phi) is 6.67. The van der Waals surface area contributed by atoms with E-state index in [2.05, 4.69) is 20.1 Å². The van der Waals surface area contributed by atoms with Crippen molar-refractivity contribution in [3.63, 3.8) is 0 Å². The van der Waals surface area contributed by atoms with Crippen LogP contribution in [0.2, 0.25) is 0 Å². The van der Waals surface area contributed by atoms with E-state index < -0.39 is 38.9 Å². The van der Waals surface area contributed by atoms with E-state index in [-0.39, 0.29) is 38.7 Å². The number of halogens is 3. The molecule has 0 unspecified atom stereocenters. The van der Waals surface area contributed by atoms with Gasteiger partial charge < -0.3 is 5.32 Å². The number of sulfonamides is 1. The highest BCUT2D eigenvalue weighted by molar-refractivity contribution is 7.92. The average molecular weight is 568 g/mol. The van der Waals surface area contributed by atoms with Crippen molar-refractivity contribution >= 4 is 33.0 Å². The zero-order valence-corrected chi connectivity index (χ0v) is 21.5. The van der Waals surface area contributed by atoms with Gasteiger partial charge in [-0.05, 0) is 36.8 Å². The first-order chi connectivity index (χ1) is 19.0. The van der Waals surface area contributed by atoms with Crippen molar-refractivity contribution in [2.75, 3.05) is 10.0 Å². The Morgan fingerprint density at radius 2 is 1.48 bits per heavy atom. The molecule has 2 aromatic heterocycles. The minimum absolute atomic E-state index is 0.0112. The summed E-state index contributed by atoms with van der Waals surface area (Å²) < 4.78 is 70.4. The second kappa shape index (κ2) is 10.0. The van der Waals surface area contributed by atoms with Crippen LogP contribution in [-0.4, -0.2) is 28.9 Å². The van der Waals surface area contributed by atoms with Crippen molar-refractivity contribution in [1.82, 2.24) is 14.6 Å². The molecule has 0 fully saturated rings. The third kappa shape index (κ3) is 4.94. The number of H-pyrrole nitrogens is 1. The molecule has 0 aliphatic heterocycles. The number of nitrogens with one attached hydrogen (secondary N) is 3. The number of amides is 1. The maximum Gasteiger partial charge on any atom is 0.433 e. The maximum absolute atomic E-state index is 13.9. The number of benzene rings is 3. The minimum atomic E-state index is -4.85. The lowest BCUT2D eigenvalue weighted by atomic mass is 10.1. The lowest BCUT2D eigenvalue weighted by Gasteiger charge is -2.14. The van der Waals surface area contributed by atoms with Gasteiger partial charge in [-0.3, -0.25) is 19.4 Å². The number of para-hydroxylation sites is 2. The molecule has 9 nitrogen and oxygen atoms in total. The van der Waals surface area contributed by atoms with Gasteiger partial charge in [-0.1, -0.05) is 60.7 Å². The molecule has 3 aromatic carbocycles. The molecular formula is C27H20F3N5O4S. The molecule has 204 valence electrons. The number of nitrogens with zero attached hydrogens (tertiary/aromatic N) is 2. The van der Waals surface area contributed by atoms with E-state index in [9.17, 15) is 31.2 Å². The molecule has 0 bridgehead atoms. The van der Waals surface area contributed by atoms with E-state index in [1.165, 1.54) is 55.5 Å². The largest absolute Gasteiger partial charge is 0.433 e. The fraction of sp³-hybridized carbons (Fsp3) is 0.0741. The zero-order chi connectivity index (χ0) is 28.7. The van der Waals surface area contributed by atoms with Gasteiger partial charge in [0.1, 0.15) is 11.3 Å². The lowest BCUT2D eigenvalue weighted by molar-refractivity contribution is -0.140. The van der Waals surface area contributed by atoms with Crippen molar-refractivity contribution in [2.24, 2.45) is 0 Å². The first kappa shape index (κ1) is 26.7. The Morgan fingerprint density at radius 1 is 0.900 bits per heavy atom. The molecule has 0 atom stereocenters. The van der Waals surface area contributed by atoms with Gasteiger partial charge in [0.05, 0.1) is 27.5 Å². The predicted molar refractivity (Wildman–Crippen MR) is 143 cm³/mol. The Labute approximate surface area is 225 Å². The van der Waals surface area contributed by atoms with Crippen molar-refractivity contribution < 1.29 is 26.4 Å². The normalized spacial score (nSPS) is 11.9. The number of aromatic amines is 1. The monoisotopic (exact) mass is 567 g/mol. The molecule has 5 rings (SSSR count). The predicted octanol–water partition coefficient (Wildman–Crippen LogP) is 5.07. The van der Waals surface area contributed by atoms with E-state index in [1.807, 2.05) is 0 Å². The summed E-state index contributed by atoms with van der Waals surface area (Å²) >= 11 is 0. The summed E-state index contributed by atoms with van der Waals surface area (Å²) in [5.74, 6) is -0.986. The second-order valence-corrected chi connectivity index (χ2v) is 10.4. The number of alkyl halides is 3. The molecule has 2 heterocycles. The molecule has 0 aliphatic carbocycles. The van der Waals surface area contributed by atoms with Gasteiger partial charge >= 0.3 is 6.18 Å². The first-order valence-corrected chi connectivity index (χ1v) is 13.2. The van der Waals surface area contributed by atoms with Crippen LogP contribution in [0, 0.1) is 6.92 Å². The minimum Gasteiger partial charge on any atom is -0.320 e. The summed E-state index contributed by atoms with van der Waals surface area (Å²) in [6.45, 7) is 1.33. The van der Waals surface area contributed by atoms with Crippen LogP contribution >= 0.6 is 0 Å². The summed E-state index contributed by atoms with van der Waals surface area (Å²) in [4.78, 5) is 30.8. The number of aryl methyl sites for hydroxylation is 1. The van der Waals surface area contributed by atoms with Gasteiger partial charge in [0, 0.05) is 0 Å². The first-order valence-electron chi connectivity index (χ1n) is 11.7. The Hall–Kier alpha value is -4.91. The fourth-order valence-corrected chi connectivity index (χ4v) is 5.29. The molecule has 5 aromatic rings. The van der Waals surface area contributed by atoms with Crippen molar-refractivity contribution in [1.29, 1.82) is 0 Å². The molecular weight excluding hydrogens is 547 g/mol. The molecule has 13 heteroatoms. The molecule has 0 saturated carbocycles. The number of carbonyl (C=O) groups excluding carboxylic acids is 1. The molecule has 3 N–H and O–H groups in total. The van der Waals surface area contributed by atoms with Gasteiger partial charge in [-0.25, -0.2) is 13.4 Å². The van der Waals surface area contributed by atoms with Crippen LogP contribution < -0.4 is 15.6 Å². The number of fused-ring (bicyclic) bond motifs is 1. The van der Waals surface area contributed by atoms with Crippen LogP contribution in [-0.2, 0) is 16.2 Å². The molecule has 40 heavy (non-hydrogen) atoms. The molecule has 0 radical (unpaired) electrons. The van der Waals surface area contributed by atoms with Crippen molar-refractivity contribution in [2.45, 2.75) is 18.0 Å². The van der Waals surface area contributed by atoms with Gasteiger partial charge in [-0.15, -0.1) is 0 Å². The summed E-state index contributed by atoms with van der Waals surface area (Å²) in [6, 6.07) is 21.1. The number of rotatable bonds is 6. The highest BCUT2D eigenvalue weighted by Crippen LogP contribution is 2.38. The van der Waals surface area contributed by atoms with E-state index >= 15 is 0 Å². The fourth-order valence-electron chi connectivity index (χ4n) is 4.19. The molecule has 0 aliphatic rings. The SMILES string of the molecule is Cc1nc2c(-c3ccccc3)c(C(F)(F)F)[nH]n2c(=O)c1C(=O)Nc1ccccc1NS(=O)(=O)c1ccccc1. The third-order valence-electron chi connectivity index (χ3n) is 6.01. The maximum atomic E-state index is 13.9. The molecule has 0 spiro atoms. The van der Waals surface area contributed by atoms with E-state index in [4.69, 9.17) is 0 Å². The van der Waals surface area contributed by atoms with E-state index in [0.29, 0.717) is 4.52 Å². The van der Waals surface area contributed by atoms with Crippen molar-refractivity contribution in [3.8, 4) is 11.1 Å². The lowest BCUT2D eigenvalue weighted by Crippen LogP contribution is -2.29. The highest BCUT2D eigenvalue weighted by Gasteiger charge is 2.38. The summed E-state index contributed by atoms with van der Waals surface area (Å²) in [7, 11) is -4.01. The van der Waals surface area contributed by atoms with Crippen LogP contribution in [0.25, 0.3) is 16.8 Å². The average Bonchev–Trinajstić information content (AvgIpc) is 3.31. The second-order valence-electron chi connectivity index (χ2n) is 8.68. The summed E-state index contributed by atoms with van der Waals surface area (Å²) in [5.41, 5.74) is -3.31. The van der Waals surface area contributed by atoms with Gasteiger partial charge in [-0.2, -0.15) is 17.7 Å². The number of aromatic nitrogens is 3. The standard InChI is InChI=1S/C27H20F3N5O4S/c1-16-21(25(36)32-19-14-8-9-15-20(19)34-40(38,39)18-12-6-3-7-13-18)26(37)35-24(31-16)22(17-10-4-2-5-11-17)23(33-35)27(28,29)30/h2-15,33-34H,1H3,(H,32,36). The van der Waals surface area contributed by atoms with Crippen LogP contribution in [0.3, 0.4) is 0 Å². The van der Waals surface area contributed by atoms with Crippen LogP contribution in [0.5, 0.6) is 0 Å². The summed E-state index contributed by atoms with van der Waals surface area (Å²) in [6.07, 6.45) is -4.85. The zero-order valence-electron chi connectivity index (χ0n) is 20.7. The number of hydrogen-bond acceptors (Lipinski definition) is 5. The topological polar surface area (TPSA) is 125 Å². The van der Waals surface area contributed by atoms with Crippen LogP contribution in [0.1, 0.15) is 21.7 Å². The number of anilines is 2. The van der Waals surface area contributed by atoms with Crippen LogP contribution in [0.15, 0.2) is 94.6 Å². The van der Waals surface area contributed by atoms with E-state index in [0.717, 1.165) is 0 Å². The van der Waals surface area contributed by atoms with Crippen molar-refractivity contribution in [3.05, 3.63) is 112 Å². The van der Waals surface area contributed by atoms with E-state index in [1.54, 1.807) is 36.4 Å². The van der Waals surface area contributed by atoms with Gasteiger partial charge in [0.15, 0.2) is 5.65 Å². The third-order valence-corrected chi connectivity index (χ3v) is 7.39. The molecule has 1 amide bonds. The number of carbonyl (C=O) groups is 1. The smallest absolute Gasteiger partial charge is 0.320 e.